The van der Waals surface area contributed by atoms with Crippen molar-refractivity contribution in [2.24, 2.45) is 0 Å². The Kier molecular flexibility index (Phi) is 4.25. The fourth-order valence-corrected chi connectivity index (χ4v) is 2.22. The molecule has 0 saturated heterocycles. The first-order valence-electron chi connectivity index (χ1n) is 6.95. The van der Waals surface area contributed by atoms with E-state index in [1.54, 1.807) is 12.1 Å². The SMILES string of the molecule is Cc1cccc(Nc2ncnc(Nc3cccc(Cl)c3)c2N)n1. The number of hydrogen-bond acceptors (Lipinski definition) is 6. The molecule has 6 nitrogen and oxygen atoms in total. The number of nitrogens with one attached hydrogen (secondary N) is 2. The number of nitrogens with zero attached hydrogens (tertiary/aromatic N) is 3. The van der Waals surface area contributed by atoms with E-state index in [2.05, 4.69) is 25.6 Å². The Morgan fingerprint density at radius 3 is 2.48 bits per heavy atom. The van der Waals surface area contributed by atoms with Crippen LogP contribution >= 0.6 is 11.6 Å². The molecular formula is C16H15ClN6. The van der Waals surface area contributed by atoms with Crippen molar-refractivity contribution < 1.29 is 0 Å². The van der Waals surface area contributed by atoms with Crippen LogP contribution in [0, 0.1) is 6.92 Å². The summed E-state index contributed by atoms with van der Waals surface area (Å²) in [6.45, 7) is 1.92. The van der Waals surface area contributed by atoms with Gasteiger partial charge in [-0.3, -0.25) is 0 Å². The van der Waals surface area contributed by atoms with Crippen molar-refractivity contribution in [2.45, 2.75) is 6.92 Å². The molecule has 0 bridgehead atoms. The summed E-state index contributed by atoms with van der Waals surface area (Å²) in [6.07, 6.45) is 1.43. The number of aromatic nitrogens is 3. The first kappa shape index (κ1) is 15.1. The van der Waals surface area contributed by atoms with Crippen LogP contribution in [-0.4, -0.2) is 15.0 Å². The summed E-state index contributed by atoms with van der Waals surface area (Å²) in [6, 6.07) is 13.0. The van der Waals surface area contributed by atoms with Crippen LogP contribution in [0.15, 0.2) is 48.8 Å². The second-order valence-corrected chi connectivity index (χ2v) is 5.35. The quantitative estimate of drug-likeness (QED) is 0.673. The van der Waals surface area contributed by atoms with Crippen molar-refractivity contribution >= 4 is 40.4 Å². The molecule has 0 aliphatic rings. The van der Waals surface area contributed by atoms with Gasteiger partial charge in [-0.05, 0) is 37.3 Å². The van der Waals surface area contributed by atoms with E-state index in [-0.39, 0.29) is 0 Å². The van der Waals surface area contributed by atoms with Crippen molar-refractivity contribution in [2.75, 3.05) is 16.4 Å². The van der Waals surface area contributed by atoms with Crippen LogP contribution < -0.4 is 16.4 Å². The number of rotatable bonds is 4. The van der Waals surface area contributed by atoms with E-state index < -0.39 is 0 Å². The standard InChI is InChI=1S/C16H15ClN6/c1-10-4-2-7-13(21-10)23-16-14(18)15(19-9-20-16)22-12-6-3-5-11(17)8-12/h2-9H,18H2,1H3,(H2,19,20,21,22,23). The van der Waals surface area contributed by atoms with E-state index in [0.29, 0.717) is 28.2 Å². The number of hydrogen-bond donors (Lipinski definition) is 3. The monoisotopic (exact) mass is 326 g/mol. The minimum absolute atomic E-state index is 0.399. The van der Waals surface area contributed by atoms with E-state index in [4.69, 9.17) is 17.3 Å². The van der Waals surface area contributed by atoms with Crippen molar-refractivity contribution in [1.82, 2.24) is 15.0 Å². The fourth-order valence-electron chi connectivity index (χ4n) is 2.03. The predicted molar refractivity (Wildman–Crippen MR) is 93.4 cm³/mol. The highest BCUT2D eigenvalue weighted by Crippen LogP contribution is 2.28. The second kappa shape index (κ2) is 6.50. The Bertz CT molecular complexity index is 771. The molecule has 0 unspecified atom stereocenters. The zero-order chi connectivity index (χ0) is 16.2. The maximum Gasteiger partial charge on any atom is 0.160 e. The van der Waals surface area contributed by atoms with Crippen molar-refractivity contribution in [3.63, 3.8) is 0 Å². The van der Waals surface area contributed by atoms with Gasteiger partial charge in [0.05, 0.1) is 0 Å². The Morgan fingerprint density at radius 1 is 1.00 bits per heavy atom. The predicted octanol–water partition coefficient (Wildman–Crippen LogP) is 3.90. The summed E-state index contributed by atoms with van der Waals surface area (Å²) in [5.41, 5.74) is 8.24. The van der Waals surface area contributed by atoms with Gasteiger partial charge in [0.1, 0.15) is 17.8 Å². The number of pyridine rings is 1. The zero-order valence-electron chi connectivity index (χ0n) is 12.4. The smallest absolute Gasteiger partial charge is 0.160 e. The lowest BCUT2D eigenvalue weighted by Crippen LogP contribution is -2.06. The molecule has 2 aromatic heterocycles. The van der Waals surface area contributed by atoms with Crippen LogP contribution in [0.4, 0.5) is 28.8 Å². The average molecular weight is 327 g/mol. The summed E-state index contributed by atoms with van der Waals surface area (Å²) in [5.74, 6) is 1.66. The summed E-state index contributed by atoms with van der Waals surface area (Å²) in [7, 11) is 0. The minimum Gasteiger partial charge on any atom is -0.393 e. The maximum absolute atomic E-state index is 6.14. The first-order valence-corrected chi connectivity index (χ1v) is 7.33. The van der Waals surface area contributed by atoms with Gasteiger partial charge in [0.25, 0.3) is 0 Å². The number of halogens is 1. The van der Waals surface area contributed by atoms with E-state index in [9.17, 15) is 0 Å². The third-order valence-corrected chi connectivity index (χ3v) is 3.34. The molecule has 116 valence electrons. The number of benzene rings is 1. The molecule has 23 heavy (non-hydrogen) atoms. The minimum atomic E-state index is 0.399. The summed E-state index contributed by atoms with van der Waals surface area (Å²) >= 11 is 5.98. The maximum atomic E-state index is 6.14. The number of nitrogen functional groups attached to an aromatic ring is 1. The van der Waals surface area contributed by atoms with Crippen molar-refractivity contribution in [1.29, 1.82) is 0 Å². The highest BCUT2D eigenvalue weighted by Gasteiger charge is 2.09. The number of anilines is 5. The van der Waals surface area contributed by atoms with Gasteiger partial charge in [-0.2, -0.15) is 0 Å². The van der Waals surface area contributed by atoms with E-state index in [0.717, 1.165) is 11.4 Å². The highest BCUT2D eigenvalue weighted by molar-refractivity contribution is 6.30. The number of aryl methyl sites for hydroxylation is 1. The van der Waals surface area contributed by atoms with Gasteiger partial charge in [0, 0.05) is 16.4 Å². The van der Waals surface area contributed by atoms with Gasteiger partial charge in [-0.15, -0.1) is 0 Å². The summed E-state index contributed by atoms with van der Waals surface area (Å²) in [4.78, 5) is 12.7. The Balaban J connectivity index is 1.86. The largest absolute Gasteiger partial charge is 0.393 e. The third kappa shape index (κ3) is 3.67. The molecular weight excluding hydrogens is 312 g/mol. The molecule has 0 saturated carbocycles. The Morgan fingerprint density at radius 2 is 1.74 bits per heavy atom. The molecule has 0 aliphatic heterocycles. The van der Waals surface area contributed by atoms with Gasteiger partial charge >= 0.3 is 0 Å². The Hall–Kier alpha value is -2.86. The van der Waals surface area contributed by atoms with Gasteiger partial charge < -0.3 is 16.4 Å². The van der Waals surface area contributed by atoms with Crippen molar-refractivity contribution in [3.05, 3.63) is 59.5 Å². The van der Waals surface area contributed by atoms with Crippen LogP contribution in [-0.2, 0) is 0 Å². The van der Waals surface area contributed by atoms with Crippen LogP contribution in [0.2, 0.25) is 5.02 Å². The van der Waals surface area contributed by atoms with Crippen molar-refractivity contribution in [3.8, 4) is 0 Å². The van der Waals surface area contributed by atoms with Crippen LogP contribution in [0.3, 0.4) is 0 Å². The van der Waals surface area contributed by atoms with Crippen LogP contribution in [0.5, 0.6) is 0 Å². The second-order valence-electron chi connectivity index (χ2n) is 4.91. The third-order valence-electron chi connectivity index (χ3n) is 3.11. The lowest BCUT2D eigenvalue weighted by molar-refractivity contribution is 1.15. The van der Waals surface area contributed by atoms with Crippen LogP contribution in [0.25, 0.3) is 0 Å². The summed E-state index contributed by atoms with van der Waals surface area (Å²) in [5, 5.41) is 6.86. The molecule has 0 radical (unpaired) electrons. The molecule has 1 aromatic carbocycles. The highest BCUT2D eigenvalue weighted by atomic mass is 35.5. The zero-order valence-corrected chi connectivity index (χ0v) is 13.2. The lowest BCUT2D eigenvalue weighted by Gasteiger charge is -2.12. The van der Waals surface area contributed by atoms with E-state index in [1.165, 1.54) is 6.33 Å². The molecule has 0 amide bonds. The van der Waals surface area contributed by atoms with Gasteiger partial charge in [-0.1, -0.05) is 23.7 Å². The molecule has 3 aromatic rings. The fraction of sp³-hybridized carbons (Fsp3) is 0.0625. The van der Waals surface area contributed by atoms with Crippen LogP contribution in [0.1, 0.15) is 5.69 Å². The molecule has 0 atom stereocenters. The normalized spacial score (nSPS) is 10.3. The first-order chi connectivity index (χ1) is 11.1. The topological polar surface area (TPSA) is 88.8 Å². The molecule has 7 heteroatoms. The van der Waals surface area contributed by atoms with E-state index >= 15 is 0 Å². The van der Waals surface area contributed by atoms with E-state index in [1.807, 2.05) is 37.3 Å². The van der Waals surface area contributed by atoms with Gasteiger partial charge in [0.15, 0.2) is 11.6 Å². The van der Waals surface area contributed by atoms with Gasteiger partial charge in [-0.25, -0.2) is 15.0 Å². The molecule has 0 spiro atoms. The van der Waals surface area contributed by atoms with Gasteiger partial charge in [0.2, 0.25) is 0 Å². The molecule has 0 aliphatic carbocycles. The average Bonchev–Trinajstić information content (AvgIpc) is 2.51. The molecule has 3 rings (SSSR count). The molecule has 2 heterocycles. The Labute approximate surface area is 138 Å². The summed E-state index contributed by atoms with van der Waals surface area (Å²) < 4.78 is 0. The number of nitrogens with two attached hydrogens (primary N) is 1. The molecule has 4 N–H and O–H groups in total. The molecule has 0 fully saturated rings. The lowest BCUT2D eigenvalue weighted by atomic mass is 10.3.